The molecule has 2 heterocycles. The lowest BCUT2D eigenvalue weighted by Crippen LogP contribution is -2.40. The Hall–Kier alpha value is -1.26. The molecule has 1 aromatic carbocycles. The maximum absolute atomic E-state index is 12.5. The molecule has 2 aliphatic heterocycles. The van der Waals surface area contributed by atoms with Crippen LogP contribution in [0, 0.1) is 11.8 Å². The maximum Gasteiger partial charge on any atom is 0.229 e. The summed E-state index contributed by atoms with van der Waals surface area (Å²) >= 11 is 6.00. The topological polar surface area (TPSA) is 55.6 Å². The van der Waals surface area contributed by atoms with Gasteiger partial charge in [-0.25, -0.2) is 0 Å². The van der Waals surface area contributed by atoms with Crippen LogP contribution in [0.3, 0.4) is 0 Å². The number of hydrogen-bond acceptors (Lipinski definition) is 3. The monoisotopic (exact) mass is 294 g/mol. The summed E-state index contributed by atoms with van der Waals surface area (Å²) in [5.74, 6) is 1.38. The average Bonchev–Trinajstić information content (AvgIpc) is 2.94. The second-order valence-electron chi connectivity index (χ2n) is 5.64. The van der Waals surface area contributed by atoms with Crippen molar-refractivity contribution in [1.29, 1.82) is 0 Å². The van der Waals surface area contributed by atoms with Gasteiger partial charge in [0.1, 0.15) is 12.4 Å². The van der Waals surface area contributed by atoms with E-state index in [4.69, 9.17) is 22.1 Å². The summed E-state index contributed by atoms with van der Waals surface area (Å²) < 4.78 is 5.69. The highest BCUT2D eigenvalue weighted by atomic mass is 35.5. The molecule has 0 aliphatic carbocycles. The quantitative estimate of drug-likeness (QED) is 0.903. The Bertz CT molecular complexity index is 521. The highest BCUT2D eigenvalue weighted by Crippen LogP contribution is 2.31. The second kappa shape index (κ2) is 5.62. The third-order valence-electron chi connectivity index (χ3n) is 4.21. The van der Waals surface area contributed by atoms with Gasteiger partial charge in [0.15, 0.2) is 0 Å². The molecule has 5 heteroatoms. The van der Waals surface area contributed by atoms with Crippen LogP contribution < -0.4 is 10.5 Å². The molecule has 1 saturated heterocycles. The van der Waals surface area contributed by atoms with Crippen LogP contribution in [-0.4, -0.2) is 37.0 Å². The first-order valence-corrected chi connectivity index (χ1v) is 7.45. The van der Waals surface area contributed by atoms with Gasteiger partial charge in [-0.05, 0) is 49.1 Å². The van der Waals surface area contributed by atoms with E-state index in [0.29, 0.717) is 30.5 Å². The van der Waals surface area contributed by atoms with Crippen LogP contribution >= 0.6 is 11.6 Å². The minimum Gasteiger partial charge on any atom is -0.492 e. The van der Waals surface area contributed by atoms with Crippen LogP contribution in [0.4, 0.5) is 0 Å². The molecule has 2 N–H and O–H groups in total. The number of likely N-dealkylation sites (tertiary alicyclic amines) is 1. The van der Waals surface area contributed by atoms with Crippen LogP contribution in [0.15, 0.2) is 18.2 Å². The first-order chi connectivity index (χ1) is 9.67. The fraction of sp³-hybridized carbons (Fsp3) is 0.533. The summed E-state index contributed by atoms with van der Waals surface area (Å²) in [4.78, 5) is 14.5. The minimum atomic E-state index is -0.0995. The summed E-state index contributed by atoms with van der Waals surface area (Å²) in [5.41, 5.74) is 6.70. The number of halogens is 1. The molecular weight excluding hydrogens is 276 g/mol. The van der Waals surface area contributed by atoms with E-state index in [-0.39, 0.29) is 11.8 Å². The van der Waals surface area contributed by atoms with Crippen molar-refractivity contribution in [3.8, 4) is 5.75 Å². The van der Waals surface area contributed by atoms with Crippen molar-refractivity contribution < 1.29 is 9.53 Å². The zero-order valence-electron chi connectivity index (χ0n) is 11.3. The van der Waals surface area contributed by atoms with Crippen molar-refractivity contribution in [2.75, 3.05) is 26.2 Å². The van der Waals surface area contributed by atoms with Crippen LogP contribution in [0.2, 0.25) is 5.02 Å². The van der Waals surface area contributed by atoms with Gasteiger partial charge in [0.25, 0.3) is 0 Å². The zero-order chi connectivity index (χ0) is 14.1. The van der Waals surface area contributed by atoms with Gasteiger partial charge in [-0.15, -0.1) is 0 Å². The van der Waals surface area contributed by atoms with Crippen LogP contribution in [0.5, 0.6) is 5.75 Å². The van der Waals surface area contributed by atoms with Crippen LogP contribution in [0.1, 0.15) is 12.0 Å². The highest BCUT2D eigenvalue weighted by molar-refractivity contribution is 6.30. The molecular formula is C15H19ClN2O2. The molecule has 4 nitrogen and oxygen atoms in total. The van der Waals surface area contributed by atoms with Gasteiger partial charge in [0.2, 0.25) is 5.91 Å². The van der Waals surface area contributed by atoms with Gasteiger partial charge < -0.3 is 15.4 Å². The zero-order valence-corrected chi connectivity index (χ0v) is 12.1. The molecule has 20 heavy (non-hydrogen) atoms. The highest BCUT2D eigenvalue weighted by Gasteiger charge is 2.33. The summed E-state index contributed by atoms with van der Waals surface area (Å²) in [6.45, 7) is 2.72. The molecule has 2 atom stereocenters. The number of hydrogen-bond donors (Lipinski definition) is 1. The third-order valence-corrected chi connectivity index (χ3v) is 4.44. The van der Waals surface area contributed by atoms with Crippen molar-refractivity contribution in [1.82, 2.24) is 4.90 Å². The lowest BCUT2D eigenvalue weighted by molar-refractivity contribution is -0.135. The smallest absolute Gasteiger partial charge is 0.229 e. The molecule has 0 aromatic heterocycles. The van der Waals surface area contributed by atoms with Gasteiger partial charge in [0.05, 0.1) is 5.92 Å². The van der Waals surface area contributed by atoms with Crippen LogP contribution in [-0.2, 0) is 11.2 Å². The van der Waals surface area contributed by atoms with E-state index in [1.165, 1.54) is 0 Å². The van der Waals surface area contributed by atoms with E-state index in [1.54, 1.807) is 0 Å². The average molecular weight is 295 g/mol. The number of carbonyl (C=O) groups excluding carboxylic acids is 1. The standard InChI is InChI=1S/C15H19ClN2O2/c16-13-1-2-14-11(6-13)5-12(9-20-14)15(19)18-4-3-10(7-17)8-18/h1-2,6,10,12H,3-5,7-9,17H2/t10-,12-/m0/s1. The molecule has 108 valence electrons. The maximum atomic E-state index is 12.5. The number of benzene rings is 1. The Morgan fingerprint density at radius 2 is 2.35 bits per heavy atom. The van der Waals surface area contributed by atoms with E-state index >= 15 is 0 Å². The van der Waals surface area contributed by atoms with Gasteiger partial charge in [-0.3, -0.25) is 4.79 Å². The normalized spacial score (nSPS) is 25.2. The number of ether oxygens (including phenoxy) is 1. The largest absolute Gasteiger partial charge is 0.492 e. The number of nitrogens with two attached hydrogens (primary N) is 1. The minimum absolute atomic E-state index is 0.0995. The van der Waals surface area contributed by atoms with Gasteiger partial charge in [-0.1, -0.05) is 11.6 Å². The number of nitrogens with zero attached hydrogens (tertiary/aromatic N) is 1. The Balaban J connectivity index is 1.69. The van der Waals surface area contributed by atoms with Crippen molar-refractivity contribution in [3.05, 3.63) is 28.8 Å². The van der Waals surface area contributed by atoms with Gasteiger partial charge in [-0.2, -0.15) is 0 Å². The molecule has 0 spiro atoms. The van der Waals surface area contributed by atoms with E-state index in [9.17, 15) is 4.79 Å². The molecule has 0 bridgehead atoms. The molecule has 0 saturated carbocycles. The van der Waals surface area contributed by atoms with Gasteiger partial charge >= 0.3 is 0 Å². The summed E-state index contributed by atoms with van der Waals surface area (Å²) in [5, 5.41) is 0.685. The van der Waals surface area contributed by atoms with Crippen LogP contribution in [0.25, 0.3) is 0 Å². The van der Waals surface area contributed by atoms with Crippen molar-refractivity contribution >= 4 is 17.5 Å². The van der Waals surface area contributed by atoms with Crippen molar-refractivity contribution in [2.24, 2.45) is 17.6 Å². The van der Waals surface area contributed by atoms with E-state index in [1.807, 2.05) is 23.1 Å². The second-order valence-corrected chi connectivity index (χ2v) is 6.08. The number of carbonyl (C=O) groups is 1. The number of fused-ring (bicyclic) bond motifs is 1. The molecule has 3 rings (SSSR count). The predicted octanol–water partition coefficient (Wildman–Crippen LogP) is 1.70. The molecule has 1 amide bonds. The van der Waals surface area contributed by atoms with Gasteiger partial charge in [0, 0.05) is 18.1 Å². The first-order valence-electron chi connectivity index (χ1n) is 7.07. The Kier molecular flexibility index (Phi) is 3.85. The summed E-state index contributed by atoms with van der Waals surface area (Å²) in [7, 11) is 0. The molecule has 1 aromatic rings. The van der Waals surface area contributed by atoms with E-state index in [2.05, 4.69) is 0 Å². The number of rotatable bonds is 2. The van der Waals surface area contributed by atoms with E-state index in [0.717, 1.165) is 30.8 Å². The lowest BCUT2D eigenvalue weighted by Gasteiger charge is -2.28. The molecule has 0 unspecified atom stereocenters. The summed E-state index contributed by atoms with van der Waals surface area (Å²) in [6, 6.07) is 5.58. The Labute approximate surface area is 123 Å². The summed E-state index contributed by atoms with van der Waals surface area (Å²) in [6.07, 6.45) is 1.72. The van der Waals surface area contributed by atoms with E-state index < -0.39 is 0 Å². The Morgan fingerprint density at radius 3 is 3.10 bits per heavy atom. The number of amides is 1. The SMILES string of the molecule is NC[C@@H]1CCN(C(=O)[C@@H]2COc3ccc(Cl)cc3C2)C1. The molecule has 0 radical (unpaired) electrons. The molecule has 1 fully saturated rings. The molecule has 2 aliphatic rings. The van der Waals surface area contributed by atoms with Crippen molar-refractivity contribution in [3.63, 3.8) is 0 Å². The van der Waals surface area contributed by atoms with Crippen molar-refractivity contribution in [2.45, 2.75) is 12.8 Å². The fourth-order valence-electron chi connectivity index (χ4n) is 3.01. The lowest BCUT2D eigenvalue weighted by atomic mass is 9.95. The first kappa shape index (κ1) is 13.7. The Morgan fingerprint density at radius 1 is 1.50 bits per heavy atom. The predicted molar refractivity (Wildman–Crippen MR) is 77.9 cm³/mol. The third kappa shape index (κ3) is 2.63. The fourth-order valence-corrected chi connectivity index (χ4v) is 3.20.